The van der Waals surface area contributed by atoms with Crippen molar-refractivity contribution in [1.29, 1.82) is 0 Å². The Balaban J connectivity index is 1.93. The quantitative estimate of drug-likeness (QED) is 0.787. The first kappa shape index (κ1) is 10.9. The average Bonchev–Trinajstić information content (AvgIpc) is 2.79. The lowest BCUT2D eigenvalue weighted by Crippen LogP contribution is -2.19. The SMILES string of the molecule is NC(=O)c1cc(NC[C@@H]2CCCO2)ccn1. The first-order valence-corrected chi connectivity index (χ1v) is 5.37. The molecule has 1 amide bonds. The summed E-state index contributed by atoms with van der Waals surface area (Å²) in [5, 5.41) is 3.21. The molecule has 0 unspecified atom stereocenters. The lowest BCUT2D eigenvalue weighted by molar-refractivity contribution is 0.0995. The van der Waals surface area contributed by atoms with Crippen molar-refractivity contribution in [3.63, 3.8) is 0 Å². The summed E-state index contributed by atoms with van der Waals surface area (Å²) < 4.78 is 5.48. The highest BCUT2D eigenvalue weighted by Crippen LogP contribution is 2.14. The molecule has 1 aliphatic rings. The second-order valence-corrected chi connectivity index (χ2v) is 3.81. The fraction of sp³-hybridized carbons (Fsp3) is 0.455. The van der Waals surface area contributed by atoms with E-state index < -0.39 is 5.91 Å². The number of rotatable bonds is 4. The minimum Gasteiger partial charge on any atom is -0.382 e. The van der Waals surface area contributed by atoms with Crippen LogP contribution < -0.4 is 11.1 Å². The van der Waals surface area contributed by atoms with Crippen molar-refractivity contribution < 1.29 is 9.53 Å². The number of nitrogens with two attached hydrogens (primary N) is 1. The molecule has 1 aromatic rings. The zero-order chi connectivity index (χ0) is 11.4. The van der Waals surface area contributed by atoms with Gasteiger partial charge < -0.3 is 15.8 Å². The van der Waals surface area contributed by atoms with E-state index in [2.05, 4.69) is 10.3 Å². The third-order valence-corrected chi connectivity index (χ3v) is 2.57. The molecule has 0 aromatic carbocycles. The van der Waals surface area contributed by atoms with Crippen LogP contribution in [0.5, 0.6) is 0 Å². The fourth-order valence-corrected chi connectivity index (χ4v) is 1.71. The Labute approximate surface area is 94.0 Å². The first-order chi connectivity index (χ1) is 7.75. The van der Waals surface area contributed by atoms with Gasteiger partial charge in [-0.15, -0.1) is 0 Å². The highest BCUT2D eigenvalue weighted by molar-refractivity contribution is 5.91. The lowest BCUT2D eigenvalue weighted by Gasteiger charge is -2.11. The van der Waals surface area contributed by atoms with Crippen LogP contribution in [0.15, 0.2) is 18.3 Å². The van der Waals surface area contributed by atoms with E-state index in [4.69, 9.17) is 10.5 Å². The Morgan fingerprint density at radius 2 is 2.56 bits per heavy atom. The maximum atomic E-state index is 10.9. The lowest BCUT2D eigenvalue weighted by atomic mass is 10.2. The van der Waals surface area contributed by atoms with Gasteiger partial charge in [-0.25, -0.2) is 0 Å². The summed E-state index contributed by atoms with van der Waals surface area (Å²) in [4.78, 5) is 14.8. The van der Waals surface area contributed by atoms with E-state index in [1.807, 2.05) is 0 Å². The predicted molar refractivity (Wildman–Crippen MR) is 60.2 cm³/mol. The van der Waals surface area contributed by atoms with Crippen LogP contribution in [0.2, 0.25) is 0 Å². The molecule has 0 radical (unpaired) electrons. The number of nitrogens with one attached hydrogen (secondary N) is 1. The third-order valence-electron chi connectivity index (χ3n) is 2.57. The summed E-state index contributed by atoms with van der Waals surface area (Å²) in [6.45, 7) is 1.59. The Hall–Kier alpha value is -1.62. The largest absolute Gasteiger partial charge is 0.382 e. The van der Waals surface area contributed by atoms with Gasteiger partial charge in [-0.1, -0.05) is 0 Å². The summed E-state index contributed by atoms with van der Waals surface area (Å²) >= 11 is 0. The van der Waals surface area contributed by atoms with Crippen LogP contribution in [0.1, 0.15) is 23.3 Å². The van der Waals surface area contributed by atoms with Gasteiger partial charge in [0, 0.05) is 25.0 Å². The highest BCUT2D eigenvalue weighted by Gasteiger charge is 2.14. The van der Waals surface area contributed by atoms with Gasteiger partial charge in [0.25, 0.3) is 5.91 Å². The van der Waals surface area contributed by atoms with E-state index in [1.54, 1.807) is 18.3 Å². The standard InChI is InChI=1S/C11H15N3O2/c12-11(15)10-6-8(3-4-13-10)14-7-9-2-1-5-16-9/h3-4,6,9H,1-2,5,7H2,(H2,12,15)(H,13,14)/t9-/m0/s1. The maximum absolute atomic E-state index is 10.9. The molecule has 3 N–H and O–H groups in total. The molecular weight excluding hydrogens is 206 g/mol. The zero-order valence-corrected chi connectivity index (χ0v) is 8.98. The Kier molecular flexibility index (Phi) is 3.36. The van der Waals surface area contributed by atoms with Gasteiger partial charge in [0.2, 0.25) is 0 Å². The second kappa shape index (κ2) is 4.94. The third kappa shape index (κ3) is 2.70. The number of anilines is 1. The molecule has 5 heteroatoms. The van der Waals surface area contributed by atoms with E-state index in [1.165, 1.54) is 0 Å². The van der Waals surface area contributed by atoms with Crippen molar-refractivity contribution in [2.24, 2.45) is 5.73 Å². The van der Waals surface area contributed by atoms with Crippen molar-refractivity contribution in [2.75, 3.05) is 18.5 Å². The van der Waals surface area contributed by atoms with Gasteiger partial charge in [-0.3, -0.25) is 9.78 Å². The van der Waals surface area contributed by atoms with E-state index >= 15 is 0 Å². The van der Waals surface area contributed by atoms with Gasteiger partial charge in [0.1, 0.15) is 5.69 Å². The fourth-order valence-electron chi connectivity index (χ4n) is 1.71. The topological polar surface area (TPSA) is 77.2 Å². The Morgan fingerprint density at radius 1 is 1.69 bits per heavy atom. The number of aromatic nitrogens is 1. The van der Waals surface area contributed by atoms with Gasteiger partial charge in [-0.2, -0.15) is 0 Å². The summed E-state index contributed by atoms with van der Waals surface area (Å²) in [7, 11) is 0. The number of carbonyl (C=O) groups excluding carboxylic acids is 1. The number of ether oxygens (including phenoxy) is 1. The number of amides is 1. The summed E-state index contributed by atoms with van der Waals surface area (Å²) in [6.07, 6.45) is 4.04. The normalized spacial score (nSPS) is 19.6. The van der Waals surface area contributed by atoms with Gasteiger partial charge in [0.05, 0.1) is 6.10 Å². The maximum Gasteiger partial charge on any atom is 0.267 e. The molecule has 0 bridgehead atoms. The molecule has 2 heterocycles. The molecule has 16 heavy (non-hydrogen) atoms. The minimum atomic E-state index is -0.513. The summed E-state index contributed by atoms with van der Waals surface area (Å²) in [6, 6.07) is 3.46. The molecule has 1 aromatic heterocycles. The number of pyridine rings is 1. The second-order valence-electron chi connectivity index (χ2n) is 3.81. The van der Waals surface area contributed by atoms with E-state index in [0.717, 1.165) is 31.7 Å². The van der Waals surface area contributed by atoms with Crippen molar-refractivity contribution >= 4 is 11.6 Å². The zero-order valence-electron chi connectivity index (χ0n) is 8.98. The van der Waals surface area contributed by atoms with Gasteiger partial charge in [0.15, 0.2) is 0 Å². The minimum absolute atomic E-state index is 0.269. The summed E-state index contributed by atoms with van der Waals surface area (Å²) in [5.41, 5.74) is 6.27. The number of nitrogens with zero attached hydrogens (tertiary/aromatic N) is 1. The monoisotopic (exact) mass is 221 g/mol. The van der Waals surface area contributed by atoms with Crippen LogP contribution in [0.25, 0.3) is 0 Å². The average molecular weight is 221 g/mol. The predicted octanol–water partition coefficient (Wildman–Crippen LogP) is 0.771. The van der Waals surface area contributed by atoms with Crippen molar-refractivity contribution in [3.05, 3.63) is 24.0 Å². The van der Waals surface area contributed by atoms with Crippen LogP contribution in [-0.4, -0.2) is 30.1 Å². The van der Waals surface area contributed by atoms with Crippen LogP contribution >= 0.6 is 0 Å². The first-order valence-electron chi connectivity index (χ1n) is 5.37. The van der Waals surface area contributed by atoms with Gasteiger partial charge in [-0.05, 0) is 25.0 Å². The smallest absolute Gasteiger partial charge is 0.267 e. The molecule has 1 fully saturated rings. The van der Waals surface area contributed by atoms with Crippen molar-refractivity contribution in [3.8, 4) is 0 Å². The van der Waals surface area contributed by atoms with E-state index in [9.17, 15) is 4.79 Å². The molecule has 0 saturated carbocycles. The molecular formula is C11H15N3O2. The number of carbonyl (C=O) groups is 1. The molecule has 2 rings (SSSR count). The number of hydrogen-bond acceptors (Lipinski definition) is 4. The number of primary amides is 1. The number of hydrogen-bond donors (Lipinski definition) is 2. The highest BCUT2D eigenvalue weighted by atomic mass is 16.5. The van der Waals surface area contributed by atoms with E-state index in [-0.39, 0.29) is 11.8 Å². The van der Waals surface area contributed by atoms with Crippen molar-refractivity contribution in [2.45, 2.75) is 18.9 Å². The van der Waals surface area contributed by atoms with Crippen molar-refractivity contribution in [1.82, 2.24) is 4.98 Å². The Morgan fingerprint density at radius 3 is 3.25 bits per heavy atom. The Bertz CT molecular complexity index is 375. The van der Waals surface area contributed by atoms with Crippen LogP contribution in [-0.2, 0) is 4.74 Å². The molecule has 1 saturated heterocycles. The summed E-state index contributed by atoms with van der Waals surface area (Å²) in [5.74, 6) is -0.513. The molecule has 86 valence electrons. The molecule has 0 spiro atoms. The van der Waals surface area contributed by atoms with E-state index in [0.29, 0.717) is 0 Å². The molecule has 5 nitrogen and oxygen atoms in total. The van der Waals surface area contributed by atoms with Crippen LogP contribution in [0.3, 0.4) is 0 Å². The molecule has 1 atom stereocenters. The van der Waals surface area contributed by atoms with Crippen LogP contribution in [0, 0.1) is 0 Å². The van der Waals surface area contributed by atoms with Crippen LogP contribution in [0.4, 0.5) is 5.69 Å². The molecule has 1 aliphatic heterocycles. The molecule has 0 aliphatic carbocycles. The van der Waals surface area contributed by atoms with Gasteiger partial charge >= 0.3 is 0 Å².